The molecule has 0 N–H and O–H groups in total. The van der Waals surface area contributed by atoms with Gasteiger partial charge in [0.15, 0.2) is 0 Å². The highest BCUT2D eigenvalue weighted by atomic mass is 79.9. The van der Waals surface area contributed by atoms with Crippen LogP contribution in [-0.4, -0.2) is 0 Å². The lowest BCUT2D eigenvalue weighted by Crippen LogP contribution is -2.08. The number of alkyl halides is 4. The smallest absolute Gasteiger partial charge is 0.419 e. The van der Waals surface area contributed by atoms with Crippen molar-refractivity contribution in [3.8, 4) is 11.5 Å². The highest BCUT2D eigenvalue weighted by Crippen LogP contribution is 2.40. The van der Waals surface area contributed by atoms with Crippen LogP contribution in [-0.2, 0) is 11.5 Å². The number of hydrogen-bond acceptors (Lipinski definition) is 1. The lowest BCUT2D eigenvalue weighted by Gasteiger charge is -2.15. The second-order valence-corrected chi connectivity index (χ2v) is 5.11. The zero-order valence-electron chi connectivity index (χ0n) is 10.3. The monoisotopic (exact) mass is 382 g/mol. The maximum absolute atomic E-state index is 13.0. The van der Waals surface area contributed by atoms with Crippen molar-refractivity contribution in [1.29, 1.82) is 0 Å². The summed E-state index contributed by atoms with van der Waals surface area (Å²) < 4.78 is 57.2. The van der Waals surface area contributed by atoms with Crippen molar-refractivity contribution < 1.29 is 22.3 Å². The molecule has 2 rings (SSSR count). The van der Waals surface area contributed by atoms with Crippen LogP contribution in [0.25, 0.3) is 0 Å². The average Bonchev–Trinajstić information content (AvgIpc) is 2.41. The van der Waals surface area contributed by atoms with Gasteiger partial charge in [0.25, 0.3) is 0 Å². The van der Waals surface area contributed by atoms with Gasteiger partial charge >= 0.3 is 6.18 Å². The van der Waals surface area contributed by atoms with Gasteiger partial charge in [0, 0.05) is 5.33 Å². The SMILES string of the molecule is Fc1ccc(Oc2ccc(CBr)cc2C(F)(F)F)c(Cl)c1. The Hall–Kier alpha value is -1.27. The van der Waals surface area contributed by atoms with E-state index in [0.29, 0.717) is 5.56 Å². The fraction of sp³-hybridized carbons (Fsp3) is 0.143. The third kappa shape index (κ3) is 3.89. The molecule has 0 saturated heterocycles. The van der Waals surface area contributed by atoms with E-state index in [1.165, 1.54) is 18.2 Å². The van der Waals surface area contributed by atoms with Gasteiger partial charge in [-0.2, -0.15) is 13.2 Å². The second kappa shape index (κ2) is 6.23. The molecule has 1 nitrogen and oxygen atoms in total. The standard InChI is InChI=1S/C14H8BrClF4O/c15-7-8-1-3-12(10(5-8)14(18,19)20)21-13-4-2-9(17)6-11(13)16/h1-6H,7H2. The van der Waals surface area contributed by atoms with Gasteiger partial charge in [-0.1, -0.05) is 33.6 Å². The van der Waals surface area contributed by atoms with Crippen molar-refractivity contribution in [2.45, 2.75) is 11.5 Å². The van der Waals surface area contributed by atoms with E-state index in [1.807, 2.05) is 0 Å². The minimum absolute atomic E-state index is 0.0461. The van der Waals surface area contributed by atoms with Gasteiger partial charge in [0.1, 0.15) is 17.3 Å². The van der Waals surface area contributed by atoms with Gasteiger partial charge in [-0.15, -0.1) is 0 Å². The Morgan fingerprint density at radius 1 is 1.05 bits per heavy atom. The summed E-state index contributed by atoms with van der Waals surface area (Å²) in [6.07, 6.45) is -4.57. The number of benzene rings is 2. The Morgan fingerprint density at radius 3 is 2.29 bits per heavy atom. The lowest BCUT2D eigenvalue weighted by molar-refractivity contribution is -0.138. The topological polar surface area (TPSA) is 9.23 Å². The van der Waals surface area contributed by atoms with Gasteiger partial charge in [0.2, 0.25) is 0 Å². The van der Waals surface area contributed by atoms with Crippen molar-refractivity contribution in [2.24, 2.45) is 0 Å². The quantitative estimate of drug-likeness (QED) is 0.454. The average molecular weight is 384 g/mol. The molecule has 112 valence electrons. The van der Waals surface area contributed by atoms with Gasteiger partial charge < -0.3 is 4.74 Å². The predicted octanol–water partition coefficient (Wildman–Crippen LogP) is 6.19. The van der Waals surface area contributed by atoms with E-state index in [2.05, 4.69) is 15.9 Å². The summed E-state index contributed by atoms with van der Waals surface area (Å²) in [4.78, 5) is 0. The van der Waals surface area contributed by atoms with Crippen LogP contribution in [0.5, 0.6) is 11.5 Å². The third-order valence-corrected chi connectivity index (χ3v) is 3.56. The molecule has 0 aliphatic rings. The Labute approximate surface area is 131 Å². The van der Waals surface area contributed by atoms with E-state index in [-0.39, 0.29) is 21.9 Å². The molecule has 0 atom stereocenters. The first-order valence-electron chi connectivity index (χ1n) is 5.70. The van der Waals surface area contributed by atoms with E-state index in [4.69, 9.17) is 16.3 Å². The van der Waals surface area contributed by atoms with Gasteiger partial charge in [-0.3, -0.25) is 0 Å². The molecule has 0 radical (unpaired) electrons. The van der Waals surface area contributed by atoms with Crippen LogP contribution in [0.4, 0.5) is 17.6 Å². The van der Waals surface area contributed by atoms with Crippen molar-refractivity contribution in [3.63, 3.8) is 0 Å². The molecule has 0 heterocycles. The van der Waals surface area contributed by atoms with E-state index in [0.717, 1.165) is 18.2 Å². The van der Waals surface area contributed by atoms with Crippen LogP contribution in [0.15, 0.2) is 36.4 Å². The predicted molar refractivity (Wildman–Crippen MR) is 75.6 cm³/mol. The summed E-state index contributed by atoms with van der Waals surface area (Å²) in [6, 6.07) is 6.89. The zero-order chi connectivity index (χ0) is 15.6. The fourth-order valence-electron chi connectivity index (χ4n) is 1.65. The van der Waals surface area contributed by atoms with Crippen molar-refractivity contribution >= 4 is 27.5 Å². The first-order chi connectivity index (χ1) is 9.81. The summed E-state index contributed by atoms with van der Waals surface area (Å²) >= 11 is 8.85. The van der Waals surface area contributed by atoms with E-state index in [9.17, 15) is 17.6 Å². The van der Waals surface area contributed by atoms with Crippen molar-refractivity contribution in [2.75, 3.05) is 0 Å². The minimum atomic E-state index is -4.57. The van der Waals surface area contributed by atoms with Gasteiger partial charge in [-0.05, 0) is 35.9 Å². The maximum atomic E-state index is 13.0. The number of halogens is 6. The molecule has 2 aromatic carbocycles. The normalized spacial score (nSPS) is 11.5. The van der Waals surface area contributed by atoms with Crippen LogP contribution < -0.4 is 4.74 Å². The fourth-order valence-corrected chi connectivity index (χ4v) is 2.20. The van der Waals surface area contributed by atoms with Crippen LogP contribution >= 0.6 is 27.5 Å². The molecule has 0 aliphatic carbocycles. The Morgan fingerprint density at radius 2 is 1.71 bits per heavy atom. The maximum Gasteiger partial charge on any atom is 0.419 e. The summed E-state index contributed by atoms with van der Waals surface area (Å²) in [5.41, 5.74) is -0.459. The highest BCUT2D eigenvalue weighted by molar-refractivity contribution is 9.08. The van der Waals surface area contributed by atoms with Crippen LogP contribution in [0, 0.1) is 5.82 Å². The largest absolute Gasteiger partial charge is 0.455 e. The Bertz CT molecular complexity index is 658. The highest BCUT2D eigenvalue weighted by Gasteiger charge is 2.35. The summed E-state index contributed by atoms with van der Waals surface area (Å²) in [5.74, 6) is -1.03. The molecule has 0 amide bonds. The van der Waals surface area contributed by atoms with Gasteiger partial charge in [-0.25, -0.2) is 4.39 Å². The number of ether oxygens (including phenoxy) is 1. The van der Waals surface area contributed by atoms with E-state index in [1.54, 1.807) is 0 Å². The second-order valence-electron chi connectivity index (χ2n) is 4.14. The molecule has 2 aromatic rings. The molecule has 0 spiro atoms. The van der Waals surface area contributed by atoms with Crippen LogP contribution in [0.3, 0.4) is 0 Å². The summed E-state index contributed by atoms with van der Waals surface area (Å²) in [5, 5.41) is 0.181. The molecule has 0 aliphatic heterocycles. The Balaban J connectivity index is 2.44. The van der Waals surface area contributed by atoms with Crippen molar-refractivity contribution in [1.82, 2.24) is 0 Å². The van der Waals surface area contributed by atoms with E-state index >= 15 is 0 Å². The molecule has 0 aromatic heterocycles. The minimum Gasteiger partial charge on any atom is -0.455 e. The van der Waals surface area contributed by atoms with E-state index < -0.39 is 17.6 Å². The molecule has 0 saturated carbocycles. The van der Waals surface area contributed by atoms with Crippen LogP contribution in [0.2, 0.25) is 5.02 Å². The lowest BCUT2D eigenvalue weighted by atomic mass is 10.1. The van der Waals surface area contributed by atoms with Gasteiger partial charge in [0.05, 0.1) is 10.6 Å². The summed E-state index contributed by atoms with van der Waals surface area (Å²) in [7, 11) is 0. The number of rotatable bonds is 3. The molecule has 0 fully saturated rings. The first kappa shape index (κ1) is 16.1. The zero-order valence-corrected chi connectivity index (χ0v) is 12.7. The Kier molecular flexibility index (Phi) is 4.78. The molecule has 0 bridgehead atoms. The first-order valence-corrected chi connectivity index (χ1v) is 7.20. The summed E-state index contributed by atoms with van der Waals surface area (Å²) in [6.45, 7) is 0. The molecule has 7 heteroatoms. The molecular weight excluding hydrogens is 376 g/mol. The molecule has 0 unspecified atom stereocenters. The molecular formula is C14H8BrClF4O. The molecule has 21 heavy (non-hydrogen) atoms. The number of hydrogen-bond donors (Lipinski definition) is 0. The van der Waals surface area contributed by atoms with Crippen LogP contribution in [0.1, 0.15) is 11.1 Å². The third-order valence-electron chi connectivity index (χ3n) is 2.62. The van der Waals surface area contributed by atoms with Crippen molar-refractivity contribution in [3.05, 3.63) is 58.4 Å².